The molecule has 0 N–H and O–H groups in total. The van der Waals surface area contributed by atoms with Crippen molar-refractivity contribution in [3.8, 4) is 0 Å². The fourth-order valence-electron chi connectivity index (χ4n) is 0.0567. The summed E-state index contributed by atoms with van der Waals surface area (Å²) in [5.41, 5.74) is 0. The summed E-state index contributed by atoms with van der Waals surface area (Å²) in [5.74, 6) is 0. The Hall–Kier alpha value is 1.10. The second-order valence-electron chi connectivity index (χ2n) is 0.340. The summed E-state index contributed by atoms with van der Waals surface area (Å²) < 4.78 is 0. The molecular weight excluding hydrogens is 160 g/mol. The summed E-state index contributed by atoms with van der Waals surface area (Å²) in [6.45, 7) is 0. The molecule has 1 heterocycles. The predicted octanol–water partition coefficient (Wildman–Crippen LogP) is 3.12. The van der Waals surface area contributed by atoms with Crippen molar-refractivity contribution >= 4 is 46.7 Å². The Balaban J connectivity index is 3.13. The molecule has 5 heavy (non-hydrogen) atoms. The second kappa shape index (κ2) is 2.30. The van der Waals surface area contributed by atoms with Gasteiger partial charge in [-0.1, -0.05) is 0 Å². The van der Waals surface area contributed by atoms with Crippen LogP contribution in [-0.2, 0) is 0 Å². The van der Waals surface area contributed by atoms with Crippen LogP contribution in [0.3, 0.4) is 0 Å². The molecule has 0 aliphatic heterocycles. The molecule has 1 aromatic heterocycles. The van der Waals surface area contributed by atoms with E-state index in [2.05, 4.69) is 0 Å². The van der Waals surface area contributed by atoms with Gasteiger partial charge in [-0.2, -0.15) is 0 Å². The number of hydrogen-bond acceptors (Lipinski definition) is 5. The summed E-state index contributed by atoms with van der Waals surface area (Å²) in [6, 6.07) is 0. The van der Waals surface area contributed by atoms with Gasteiger partial charge in [0.2, 0.25) is 0 Å². The first-order valence-electron chi connectivity index (χ1n) is 0.833. The van der Waals surface area contributed by atoms with Gasteiger partial charge in [0.25, 0.3) is 0 Å². The highest BCUT2D eigenvalue weighted by molar-refractivity contribution is 8.33. The highest BCUT2D eigenvalue weighted by Crippen LogP contribution is 2.26. The van der Waals surface area contributed by atoms with E-state index in [0.717, 1.165) is 0 Å². The van der Waals surface area contributed by atoms with Crippen LogP contribution in [0.15, 0.2) is 0 Å². The van der Waals surface area contributed by atoms with E-state index in [4.69, 9.17) is 0 Å². The van der Waals surface area contributed by atoms with Crippen molar-refractivity contribution in [1.29, 1.82) is 0 Å². The van der Waals surface area contributed by atoms with Crippen LogP contribution in [-0.4, -0.2) is 0 Å². The van der Waals surface area contributed by atoms with Crippen LogP contribution in [0.25, 0.3) is 0 Å². The standard InChI is InChI=1S/S5/c1-2-4-5-3-1. The Morgan fingerprint density at radius 2 is 0.600 bits per heavy atom. The predicted molar refractivity (Wildman–Crippen MR) is 33.5 cm³/mol. The average molecular weight is 160 g/mol. The van der Waals surface area contributed by atoms with Crippen LogP contribution in [0, 0.1) is 0 Å². The zero-order valence-electron chi connectivity index (χ0n) is 2.04. The Morgan fingerprint density at radius 3 is 0.800 bits per heavy atom. The Kier molecular flexibility index (Phi) is 1.96. The monoisotopic (exact) mass is 160 g/mol. The molecule has 5 heteroatoms. The molecule has 0 radical (unpaired) electrons. The zero-order chi connectivity index (χ0) is 3.54. The van der Waals surface area contributed by atoms with Crippen molar-refractivity contribution in [2.45, 2.75) is 0 Å². The van der Waals surface area contributed by atoms with Crippen LogP contribution in [0.2, 0.25) is 0 Å². The summed E-state index contributed by atoms with van der Waals surface area (Å²) >= 11 is 0. The lowest BCUT2D eigenvalue weighted by Gasteiger charge is -1.32. The normalized spacial score (nSPS) is 8.00. The second-order valence-corrected chi connectivity index (χ2v) is 9.19. The van der Waals surface area contributed by atoms with Crippen molar-refractivity contribution in [2.24, 2.45) is 0 Å². The molecule has 0 spiro atoms. The van der Waals surface area contributed by atoms with E-state index in [1.54, 1.807) is 0 Å². The van der Waals surface area contributed by atoms with Gasteiger partial charge in [-0.25, -0.2) is 0 Å². The van der Waals surface area contributed by atoms with Crippen LogP contribution in [0.5, 0.6) is 0 Å². The van der Waals surface area contributed by atoms with Gasteiger partial charge < -0.3 is 0 Å². The van der Waals surface area contributed by atoms with Crippen LogP contribution >= 0.6 is 46.7 Å². The lowest BCUT2D eigenvalue weighted by atomic mass is 30.7. The molecule has 0 unspecified atom stereocenters. The van der Waals surface area contributed by atoms with E-state index in [-0.39, 0.29) is 0 Å². The lowest BCUT2D eigenvalue weighted by molar-refractivity contribution is 5.37. The average Bonchev–Trinajstić information content (AvgIpc) is 1.76. The van der Waals surface area contributed by atoms with Gasteiger partial charge in [0.15, 0.2) is 0 Å². The highest BCUT2D eigenvalue weighted by Gasteiger charge is 1.63. The summed E-state index contributed by atoms with van der Waals surface area (Å²) in [4.78, 5) is 0. The lowest BCUT2D eigenvalue weighted by Crippen LogP contribution is -0.697. The van der Waals surface area contributed by atoms with Gasteiger partial charge >= 0.3 is 0 Å². The van der Waals surface area contributed by atoms with Gasteiger partial charge in [-0.05, 0) is 0 Å². The molecule has 1 aromatic rings. The van der Waals surface area contributed by atoms with E-state index in [1.807, 2.05) is 46.7 Å². The third kappa shape index (κ3) is 1.32. The molecule has 0 bridgehead atoms. The van der Waals surface area contributed by atoms with Crippen molar-refractivity contribution in [3.05, 3.63) is 0 Å². The summed E-state index contributed by atoms with van der Waals surface area (Å²) in [5, 5.41) is 0. The first-order chi connectivity index (χ1) is 2.50. The van der Waals surface area contributed by atoms with Crippen LogP contribution in [0.4, 0.5) is 0 Å². The highest BCUT2D eigenvalue weighted by atomic mass is 33.7. The van der Waals surface area contributed by atoms with Gasteiger partial charge in [0.1, 0.15) is 0 Å². The molecular formula is S5. The molecule has 0 aromatic carbocycles. The smallest absolute Gasteiger partial charge is 0 e. The minimum absolute atomic E-state index is 1.83. The maximum Gasteiger partial charge on any atom is 0 e. The maximum absolute atomic E-state index is 1.83. The van der Waals surface area contributed by atoms with E-state index in [9.17, 15) is 0 Å². The SMILES string of the molecule is s1ssss1. The first-order valence-corrected chi connectivity index (χ1v) is 7.50. The minimum Gasteiger partial charge on any atom is 0 e. The van der Waals surface area contributed by atoms with E-state index < -0.39 is 0 Å². The third-order valence-corrected chi connectivity index (χ3v) is 11.2. The van der Waals surface area contributed by atoms with Crippen LogP contribution in [0.1, 0.15) is 0 Å². The van der Waals surface area contributed by atoms with E-state index in [1.165, 1.54) is 0 Å². The third-order valence-electron chi connectivity index (χ3n) is 0.139. The van der Waals surface area contributed by atoms with Crippen molar-refractivity contribution in [3.63, 3.8) is 0 Å². The largest absolute Gasteiger partial charge is 0 e. The molecule has 0 amide bonds. The van der Waals surface area contributed by atoms with Gasteiger partial charge in [-0.3, -0.25) is 0 Å². The summed E-state index contributed by atoms with van der Waals surface area (Å²) in [7, 11) is 9.17. The number of hydrogen-bond donors (Lipinski definition) is 0. The van der Waals surface area contributed by atoms with Gasteiger partial charge in [0.05, 0.1) is 0 Å². The molecule has 0 aliphatic rings. The zero-order valence-corrected chi connectivity index (χ0v) is 6.12. The topological polar surface area (TPSA) is 0 Å². The fraction of sp³-hybridized carbons (Fsp3) is 0. The molecule has 0 saturated heterocycles. The Morgan fingerprint density at radius 1 is 0.400 bits per heavy atom. The molecule has 0 fully saturated rings. The quantitative estimate of drug-likeness (QED) is 0.512. The minimum atomic E-state index is 1.83. The van der Waals surface area contributed by atoms with Crippen LogP contribution < -0.4 is 0 Å². The number of rotatable bonds is 0. The van der Waals surface area contributed by atoms with E-state index >= 15 is 0 Å². The van der Waals surface area contributed by atoms with Gasteiger partial charge in [0, 0.05) is 46.7 Å². The molecule has 0 saturated carbocycles. The molecule has 30 valence electrons. The van der Waals surface area contributed by atoms with Crippen molar-refractivity contribution < 1.29 is 0 Å². The fourth-order valence-corrected chi connectivity index (χ4v) is 13.8. The maximum atomic E-state index is 1.83. The van der Waals surface area contributed by atoms with Crippen molar-refractivity contribution in [1.82, 2.24) is 0 Å². The molecule has 0 aliphatic carbocycles. The Bertz CT molecular complexity index is 56.5. The molecule has 1 rings (SSSR count). The molecule has 0 nitrogen and oxygen atoms in total. The van der Waals surface area contributed by atoms with Crippen molar-refractivity contribution in [2.75, 3.05) is 0 Å². The van der Waals surface area contributed by atoms with E-state index in [0.29, 0.717) is 0 Å². The van der Waals surface area contributed by atoms with Gasteiger partial charge in [-0.15, -0.1) is 0 Å². The summed E-state index contributed by atoms with van der Waals surface area (Å²) in [6.07, 6.45) is 0. The first kappa shape index (κ1) is 4.26. The molecule has 0 atom stereocenters. The Labute approximate surface area is 46.6 Å².